The minimum absolute atomic E-state index is 0.0690. The molecule has 1 aliphatic rings. The van der Waals surface area contributed by atoms with Gasteiger partial charge in [0.25, 0.3) is 5.91 Å². The lowest BCUT2D eigenvalue weighted by Gasteiger charge is -2.34. The van der Waals surface area contributed by atoms with Crippen molar-refractivity contribution in [3.63, 3.8) is 0 Å². The smallest absolute Gasteiger partial charge is 0.253 e. The first-order valence-electron chi connectivity index (χ1n) is 8.58. The van der Waals surface area contributed by atoms with E-state index in [2.05, 4.69) is 0 Å². The van der Waals surface area contributed by atoms with Gasteiger partial charge < -0.3 is 15.7 Å². The van der Waals surface area contributed by atoms with Crippen LogP contribution in [0.25, 0.3) is 0 Å². The summed E-state index contributed by atoms with van der Waals surface area (Å²) in [5.74, 6) is -0.473. The van der Waals surface area contributed by atoms with E-state index in [4.69, 9.17) is 17.3 Å². The van der Waals surface area contributed by atoms with Crippen molar-refractivity contribution in [1.82, 2.24) is 4.90 Å². The molecule has 0 aromatic heterocycles. The Morgan fingerprint density at radius 3 is 2.08 bits per heavy atom. The van der Waals surface area contributed by atoms with E-state index in [0.717, 1.165) is 18.4 Å². The Bertz CT molecular complexity index is 782. The number of halogens is 1. The quantitative estimate of drug-likeness (QED) is 0.865. The van der Waals surface area contributed by atoms with E-state index in [1.807, 2.05) is 12.1 Å². The summed E-state index contributed by atoms with van der Waals surface area (Å²) in [5, 5.41) is 11.2. The molecule has 1 atom stereocenters. The van der Waals surface area contributed by atoms with E-state index in [1.165, 1.54) is 0 Å². The van der Waals surface area contributed by atoms with Crippen LogP contribution in [0.5, 0.6) is 0 Å². The van der Waals surface area contributed by atoms with Crippen molar-refractivity contribution < 1.29 is 14.7 Å². The van der Waals surface area contributed by atoms with Crippen LogP contribution >= 0.6 is 11.6 Å². The van der Waals surface area contributed by atoms with Crippen LogP contribution < -0.4 is 5.73 Å². The zero-order chi connectivity index (χ0) is 18.7. The lowest BCUT2D eigenvalue weighted by molar-refractivity contribution is 0.0462. The van der Waals surface area contributed by atoms with Crippen molar-refractivity contribution >= 4 is 23.4 Å². The lowest BCUT2D eigenvalue weighted by atomic mass is 9.87. The highest BCUT2D eigenvalue weighted by Crippen LogP contribution is 2.31. The number of hydrogen-bond acceptors (Lipinski definition) is 3. The highest BCUT2D eigenvalue weighted by molar-refractivity contribution is 6.30. The van der Waals surface area contributed by atoms with Crippen LogP contribution in [-0.4, -0.2) is 34.9 Å². The maximum atomic E-state index is 12.6. The number of carbonyl (C=O) groups is 2. The van der Waals surface area contributed by atoms with Gasteiger partial charge in [0, 0.05) is 29.2 Å². The third-order valence-electron chi connectivity index (χ3n) is 4.90. The minimum Gasteiger partial charge on any atom is -0.388 e. The second kappa shape index (κ2) is 7.89. The number of primary amides is 1. The Kier molecular flexibility index (Phi) is 5.59. The summed E-state index contributed by atoms with van der Waals surface area (Å²) in [6.07, 6.45) is 0.906. The molecule has 1 unspecified atom stereocenters. The Balaban J connectivity index is 1.59. The topological polar surface area (TPSA) is 83.6 Å². The summed E-state index contributed by atoms with van der Waals surface area (Å²) >= 11 is 5.89. The van der Waals surface area contributed by atoms with Gasteiger partial charge >= 0.3 is 0 Å². The van der Waals surface area contributed by atoms with Gasteiger partial charge in [0.15, 0.2) is 0 Å². The summed E-state index contributed by atoms with van der Waals surface area (Å²) in [6.45, 7) is 1.18. The summed E-state index contributed by atoms with van der Waals surface area (Å²) in [5.41, 5.74) is 6.98. The van der Waals surface area contributed by atoms with Crippen LogP contribution in [0.1, 0.15) is 45.2 Å². The van der Waals surface area contributed by atoms with Gasteiger partial charge in [-0.05, 0) is 60.7 Å². The number of piperidine rings is 1. The molecule has 3 rings (SSSR count). The molecule has 5 nitrogen and oxygen atoms in total. The molecular formula is C20H21ClN2O3. The minimum atomic E-state index is -0.556. The molecule has 3 N–H and O–H groups in total. The van der Waals surface area contributed by atoms with Gasteiger partial charge in [-0.25, -0.2) is 0 Å². The molecule has 0 saturated carbocycles. The van der Waals surface area contributed by atoms with Crippen molar-refractivity contribution in [2.24, 2.45) is 11.7 Å². The molecule has 2 aromatic carbocycles. The zero-order valence-electron chi connectivity index (χ0n) is 14.3. The summed E-state index contributed by atoms with van der Waals surface area (Å²) in [6, 6.07) is 13.6. The molecule has 2 amide bonds. The SMILES string of the molecule is NC(=O)c1ccc(C(=O)N2CCC(C(O)c3ccc(Cl)cc3)CC2)cc1. The molecule has 1 saturated heterocycles. The monoisotopic (exact) mass is 372 g/mol. The predicted molar refractivity (Wildman–Crippen MR) is 100.0 cm³/mol. The molecular weight excluding hydrogens is 352 g/mol. The van der Waals surface area contributed by atoms with Gasteiger partial charge in [-0.3, -0.25) is 9.59 Å². The number of rotatable bonds is 4. The van der Waals surface area contributed by atoms with Crippen molar-refractivity contribution in [3.05, 3.63) is 70.2 Å². The number of hydrogen-bond donors (Lipinski definition) is 2. The average molecular weight is 373 g/mol. The van der Waals surface area contributed by atoms with Crippen molar-refractivity contribution in [2.75, 3.05) is 13.1 Å². The van der Waals surface area contributed by atoms with E-state index >= 15 is 0 Å². The third kappa shape index (κ3) is 4.06. The first kappa shape index (κ1) is 18.4. The molecule has 136 valence electrons. The third-order valence-corrected chi connectivity index (χ3v) is 5.15. The van der Waals surface area contributed by atoms with Gasteiger partial charge in [-0.1, -0.05) is 23.7 Å². The fraction of sp³-hybridized carbons (Fsp3) is 0.300. The standard InChI is InChI=1S/C20H21ClN2O3/c21-17-7-5-13(6-8-17)18(24)14-9-11-23(12-10-14)20(26)16-3-1-15(2-4-16)19(22)25/h1-8,14,18,24H,9-12H2,(H2,22,25). The van der Waals surface area contributed by atoms with E-state index < -0.39 is 12.0 Å². The summed E-state index contributed by atoms with van der Waals surface area (Å²) < 4.78 is 0. The number of likely N-dealkylation sites (tertiary alicyclic amines) is 1. The zero-order valence-corrected chi connectivity index (χ0v) is 15.0. The molecule has 0 aliphatic carbocycles. The van der Waals surface area contributed by atoms with E-state index in [0.29, 0.717) is 29.2 Å². The summed E-state index contributed by atoms with van der Waals surface area (Å²) in [4.78, 5) is 25.5. The van der Waals surface area contributed by atoms with Crippen molar-refractivity contribution in [1.29, 1.82) is 0 Å². The molecule has 1 fully saturated rings. The van der Waals surface area contributed by atoms with E-state index in [1.54, 1.807) is 41.3 Å². The fourth-order valence-electron chi connectivity index (χ4n) is 3.31. The van der Waals surface area contributed by atoms with Crippen molar-refractivity contribution in [3.8, 4) is 0 Å². The maximum Gasteiger partial charge on any atom is 0.253 e. The molecule has 0 radical (unpaired) electrons. The Hall–Kier alpha value is -2.37. The molecule has 2 aromatic rings. The van der Waals surface area contributed by atoms with Crippen LogP contribution in [0.4, 0.5) is 0 Å². The lowest BCUT2D eigenvalue weighted by Crippen LogP contribution is -2.39. The van der Waals surface area contributed by atoms with Gasteiger partial charge in [0.2, 0.25) is 5.91 Å². The number of nitrogens with two attached hydrogens (primary N) is 1. The second-order valence-corrected chi connectivity index (χ2v) is 7.00. The number of aliphatic hydroxyl groups excluding tert-OH is 1. The van der Waals surface area contributed by atoms with Crippen LogP contribution in [-0.2, 0) is 0 Å². The van der Waals surface area contributed by atoms with E-state index in [9.17, 15) is 14.7 Å². The van der Waals surface area contributed by atoms with Crippen LogP contribution in [0.3, 0.4) is 0 Å². The van der Waals surface area contributed by atoms with Crippen molar-refractivity contribution in [2.45, 2.75) is 18.9 Å². The van der Waals surface area contributed by atoms with Gasteiger partial charge in [0.05, 0.1) is 6.10 Å². The number of benzene rings is 2. The number of nitrogens with zero attached hydrogens (tertiary/aromatic N) is 1. The largest absolute Gasteiger partial charge is 0.388 e. The first-order chi connectivity index (χ1) is 12.5. The first-order valence-corrected chi connectivity index (χ1v) is 8.96. The Labute approximate surface area is 157 Å². The molecule has 1 heterocycles. The number of carbonyl (C=O) groups excluding carboxylic acids is 2. The predicted octanol–water partition coefficient (Wildman–Crippen LogP) is 3.02. The molecule has 26 heavy (non-hydrogen) atoms. The normalized spacial score (nSPS) is 16.3. The van der Waals surface area contributed by atoms with Gasteiger partial charge in [-0.15, -0.1) is 0 Å². The average Bonchev–Trinajstić information content (AvgIpc) is 2.67. The van der Waals surface area contributed by atoms with E-state index in [-0.39, 0.29) is 11.8 Å². The van der Waals surface area contributed by atoms with Gasteiger partial charge in [0.1, 0.15) is 0 Å². The van der Waals surface area contributed by atoms with Gasteiger partial charge in [-0.2, -0.15) is 0 Å². The second-order valence-electron chi connectivity index (χ2n) is 6.57. The molecule has 0 bridgehead atoms. The summed E-state index contributed by atoms with van der Waals surface area (Å²) in [7, 11) is 0. The highest BCUT2D eigenvalue weighted by atomic mass is 35.5. The molecule has 6 heteroatoms. The fourth-order valence-corrected chi connectivity index (χ4v) is 3.44. The van der Waals surface area contributed by atoms with Crippen LogP contribution in [0.15, 0.2) is 48.5 Å². The molecule has 0 spiro atoms. The number of aliphatic hydroxyl groups is 1. The number of amides is 2. The highest BCUT2D eigenvalue weighted by Gasteiger charge is 2.28. The Morgan fingerprint density at radius 1 is 1.00 bits per heavy atom. The maximum absolute atomic E-state index is 12.6. The van der Waals surface area contributed by atoms with Crippen LogP contribution in [0.2, 0.25) is 5.02 Å². The Morgan fingerprint density at radius 2 is 1.54 bits per heavy atom. The van der Waals surface area contributed by atoms with Crippen LogP contribution in [0, 0.1) is 5.92 Å². The molecule has 1 aliphatic heterocycles.